The maximum absolute atomic E-state index is 13.6. The molecule has 210 valence electrons. The number of nitrogens with zero attached hydrogens (tertiary/aromatic N) is 2. The van der Waals surface area contributed by atoms with E-state index in [0.29, 0.717) is 62.0 Å². The van der Waals surface area contributed by atoms with Gasteiger partial charge in [-0.15, -0.1) is 0 Å². The molecule has 1 N–H and O–H groups in total. The van der Waals surface area contributed by atoms with Crippen molar-refractivity contribution in [3.8, 4) is 11.5 Å². The Balaban J connectivity index is 1.74. The van der Waals surface area contributed by atoms with E-state index in [1.807, 2.05) is 48.5 Å². The lowest BCUT2D eigenvalue weighted by Gasteiger charge is -2.27. The van der Waals surface area contributed by atoms with Gasteiger partial charge in [0.1, 0.15) is 12.3 Å². The molecule has 0 atom stereocenters. The van der Waals surface area contributed by atoms with Crippen molar-refractivity contribution in [2.45, 2.75) is 32.7 Å². The van der Waals surface area contributed by atoms with Gasteiger partial charge in [0.2, 0.25) is 5.91 Å². The monoisotopic (exact) mass is 537 g/mol. The van der Waals surface area contributed by atoms with Crippen LogP contribution >= 0.6 is 0 Å². The zero-order valence-corrected chi connectivity index (χ0v) is 23.3. The SMILES string of the molecule is CCc1cccc(NC(=O)N(CCCOC)CC(=O)N(CCc2ccc(OC)c(OC)c2)Cc2ccco2)c1. The predicted molar refractivity (Wildman–Crippen MR) is 150 cm³/mol. The minimum atomic E-state index is -0.328. The Morgan fingerprint density at radius 3 is 2.41 bits per heavy atom. The maximum Gasteiger partial charge on any atom is 0.322 e. The molecule has 3 rings (SSSR count). The molecule has 0 saturated heterocycles. The average Bonchev–Trinajstić information content (AvgIpc) is 3.47. The number of hydrogen-bond acceptors (Lipinski definition) is 6. The van der Waals surface area contributed by atoms with E-state index in [2.05, 4.69) is 12.2 Å². The van der Waals surface area contributed by atoms with E-state index >= 15 is 0 Å². The molecule has 1 aromatic heterocycles. The number of carbonyl (C=O) groups excluding carboxylic acids is 2. The van der Waals surface area contributed by atoms with Crippen LogP contribution in [0.25, 0.3) is 0 Å². The summed E-state index contributed by atoms with van der Waals surface area (Å²) in [5, 5.41) is 2.95. The van der Waals surface area contributed by atoms with Gasteiger partial charge >= 0.3 is 6.03 Å². The zero-order valence-electron chi connectivity index (χ0n) is 23.3. The number of amides is 3. The first-order valence-electron chi connectivity index (χ1n) is 13.1. The Morgan fingerprint density at radius 2 is 1.72 bits per heavy atom. The highest BCUT2D eigenvalue weighted by Crippen LogP contribution is 2.28. The molecule has 3 amide bonds. The van der Waals surface area contributed by atoms with E-state index in [9.17, 15) is 9.59 Å². The number of urea groups is 1. The Bertz CT molecular complexity index is 1180. The number of aryl methyl sites for hydroxylation is 1. The highest BCUT2D eigenvalue weighted by atomic mass is 16.5. The van der Waals surface area contributed by atoms with Crippen LogP contribution in [0.3, 0.4) is 0 Å². The van der Waals surface area contributed by atoms with Crippen LogP contribution in [-0.2, 0) is 28.9 Å². The highest BCUT2D eigenvalue weighted by Gasteiger charge is 2.22. The summed E-state index contributed by atoms with van der Waals surface area (Å²) in [6, 6.07) is 16.7. The molecule has 0 saturated carbocycles. The largest absolute Gasteiger partial charge is 0.493 e. The number of ether oxygens (including phenoxy) is 3. The van der Waals surface area contributed by atoms with Crippen LogP contribution in [0, 0.1) is 0 Å². The van der Waals surface area contributed by atoms with Crippen molar-refractivity contribution >= 4 is 17.6 Å². The van der Waals surface area contributed by atoms with E-state index in [1.165, 1.54) is 4.90 Å². The molecule has 1 heterocycles. The highest BCUT2D eigenvalue weighted by molar-refractivity contribution is 5.92. The molecule has 0 radical (unpaired) electrons. The van der Waals surface area contributed by atoms with Gasteiger partial charge in [0.25, 0.3) is 0 Å². The van der Waals surface area contributed by atoms with E-state index in [1.54, 1.807) is 38.6 Å². The molecular formula is C30H39N3O6. The molecule has 3 aromatic rings. The van der Waals surface area contributed by atoms with E-state index in [0.717, 1.165) is 17.5 Å². The topological polar surface area (TPSA) is 93.5 Å². The van der Waals surface area contributed by atoms with Crippen molar-refractivity contribution in [2.24, 2.45) is 0 Å². The van der Waals surface area contributed by atoms with Crippen LogP contribution in [0.5, 0.6) is 11.5 Å². The van der Waals surface area contributed by atoms with Crippen molar-refractivity contribution in [2.75, 3.05) is 52.9 Å². The summed E-state index contributed by atoms with van der Waals surface area (Å²) < 4.78 is 21.5. The summed E-state index contributed by atoms with van der Waals surface area (Å²) in [5.41, 5.74) is 2.81. The third-order valence-electron chi connectivity index (χ3n) is 6.37. The molecule has 0 spiro atoms. The third-order valence-corrected chi connectivity index (χ3v) is 6.37. The smallest absolute Gasteiger partial charge is 0.322 e. The fraction of sp³-hybridized carbons (Fsp3) is 0.400. The molecule has 0 aliphatic heterocycles. The fourth-order valence-electron chi connectivity index (χ4n) is 4.17. The second-order valence-corrected chi connectivity index (χ2v) is 9.09. The standard InChI is InChI=1S/C30H39N3O6/c1-5-23-9-6-10-25(19-23)31-30(35)33(15-8-17-36-2)22-29(34)32(21-26-11-7-18-39-26)16-14-24-12-13-27(37-3)28(20-24)38-4/h6-7,9-13,18-20H,5,8,14-17,21-22H2,1-4H3,(H,31,35). The van der Waals surface area contributed by atoms with Crippen molar-refractivity contribution in [1.82, 2.24) is 9.80 Å². The second-order valence-electron chi connectivity index (χ2n) is 9.09. The van der Waals surface area contributed by atoms with Crippen molar-refractivity contribution < 1.29 is 28.2 Å². The van der Waals surface area contributed by atoms with E-state index < -0.39 is 0 Å². The number of methoxy groups -OCH3 is 3. The number of benzene rings is 2. The van der Waals surface area contributed by atoms with Gasteiger partial charge in [0.15, 0.2) is 11.5 Å². The molecule has 0 unspecified atom stereocenters. The molecule has 0 fully saturated rings. The lowest BCUT2D eigenvalue weighted by atomic mass is 10.1. The summed E-state index contributed by atoms with van der Waals surface area (Å²) in [6.45, 7) is 3.58. The average molecular weight is 538 g/mol. The number of furan rings is 1. The Morgan fingerprint density at radius 1 is 0.897 bits per heavy atom. The summed E-state index contributed by atoms with van der Waals surface area (Å²) >= 11 is 0. The summed E-state index contributed by atoms with van der Waals surface area (Å²) in [5.74, 6) is 1.77. The number of hydrogen-bond donors (Lipinski definition) is 1. The lowest BCUT2D eigenvalue weighted by Crippen LogP contribution is -2.45. The molecule has 0 aliphatic carbocycles. The van der Waals surface area contributed by atoms with Gasteiger partial charge in [-0.25, -0.2) is 4.79 Å². The molecule has 0 aliphatic rings. The second kappa shape index (κ2) is 15.4. The summed E-state index contributed by atoms with van der Waals surface area (Å²) in [6.07, 6.45) is 3.64. The molecule has 9 heteroatoms. The van der Waals surface area contributed by atoms with Gasteiger partial charge in [-0.3, -0.25) is 4.79 Å². The van der Waals surface area contributed by atoms with Crippen LogP contribution in [-0.4, -0.2) is 69.3 Å². The van der Waals surface area contributed by atoms with Crippen molar-refractivity contribution in [3.05, 3.63) is 77.7 Å². The van der Waals surface area contributed by atoms with Gasteiger partial charge in [0, 0.05) is 32.5 Å². The van der Waals surface area contributed by atoms with Gasteiger partial charge < -0.3 is 33.7 Å². The number of carbonyl (C=O) groups is 2. The molecule has 9 nitrogen and oxygen atoms in total. The van der Waals surface area contributed by atoms with E-state index in [-0.39, 0.29) is 18.5 Å². The van der Waals surface area contributed by atoms with Gasteiger partial charge in [-0.1, -0.05) is 25.1 Å². The first kappa shape index (κ1) is 29.6. The molecule has 2 aromatic carbocycles. The molecular weight excluding hydrogens is 498 g/mol. The predicted octanol–water partition coefficient (Wildman–Crippen LogP) is 5.00. The minimum Gasteiger partial charge on any atom is -0.493 e. The lowest BCUT2D eigenvalue weighted by molar-refractivity contribution is -0.132. The van der Waals surface area contributed by atoms with Crippen molar-refractivity contribution in [1.29, 1.82) is 0 Å². The third kappa shape index (κ3) is 9.07. The van der Waals surface area contributed by atoms with Crippen LogP contribution in [0.1, 0.15) is 30.2 Å². The quantitative estimate of drug-likeness (QED) is 0.274. The van der Waals surface area contributed by atoms with Gasteiger partial charge in [-0.2, -0.15) is 0 Å². The van der Waals surface area contributed by atoms with E-state index in [4.69, 9.17) is 18.6 Å². The molecule has 0 bridgehead atoms. The van der Waals surface area contributed by atoms with Crippen LogP contribution in [0.2, 0.25) is 0 Å². The minimum absolute atomic E-state index is 0.0738. The van der Waals surface area contributed by atoms with Crippen LogP contribution in [0.4, 0.5) is 10.5 Å². The maximum atomic E-state index is 13.6. The number of nitrogens with one attached hydrogen (secondary N) is 1. The Labute approximate surface area is 230 Å². The summed E-state index contributed by atoms with van der Waals surface area (Å²) in [4.78, 5) is 30.1. The number of rotatable bonds is 15. The Kier molecular flexibility index (Phi) is 11.7. The van der Waals surface area contributed by atoms with Gasteiger partial charge in [0.05, 0.1) is 27.0 Å². The fourth-order valence-corrected chi connectivity index (χ4v) is 4.17. The van der Waals surface area contributed by atoms with Crippen molar-refractivity contribution in [3.63, 3.8) is 0 Å². The Hall–Kier alpha value is -3.98. The molecule has 39 heavy (non-hydrogen) atoms. The van der Waals surface area contributed by atoms with Crippen LogP contribution < -0.4 is 14.8 Å². The number of anilines is 1. The first-order chi connectivity index (χ1) is 19.0. The first-order valence-corrected chi connectivity index (χ1v) is 13.1. The van der Waals surface area contributed by atoms with Gasteiger partial charge in [-0.05, 0) is 66.8 Å². The zero-order chi connectivity index (χ0) is 28.0. The van der Waals surface area contributed by atoms with Crippen LogP contribution in [0.15, 0.2) is 65.3 Å². The normalized spacial score (nSPS) is 10.7. The summed E-state index contributed by atoms with van der Waals surface area (Å²) in [7, 11) is 4.80.